The van der Waals surface area contributed by atoms with E-state index in [-0.39, 0.29) is 18.1 Å². The Hall–Kier alpha value is -2.98. The van der Waals surface area contributed by atoms with E-state index in [0.717, 1.165) is 30.3 Å². The predicted octanol–water partition coefficient (Wildman–Crippen LogP) is 6.60. The summed E-state index contributed by atoms with van der Waals surface area (Å²) in [6.07, 6.45) is 2.62. The van der Waals surface area contributed by atoms with Crippen LogP contribution >= 0.6 is 0 Å². The van der Waals surface area contributed by atoms with Crippen LogP contribution in [0.3, 0.4) is 0 Å². The monoisotopic (exact) mass is 457 g/mol. The summed E-state index contributed by atoms with van der Waals surface area (Å²) in [5.74, 6) is 2.93. The number of methoxy groups -OCH3 is 1. The molecule has 178 valence electrons. The molecule has 3 aromatic rings. The minimum atomic E-state index is -0.398. The molecule has 34 heavy (non-hydrogen) atoms. The second-order valence-corrected chi connectivity index (χ2v) is 10.0. The highest BCUT2D eigenvalue weighted by Crippen LogP contribution is 2.53. The molecule has 2 aliphatic heterocycles. The zero-order valence-corrected chi connectivity index (χ0v) is 20.7. The van der Waals surface area contributed by atoms with Crippen molar-refractivity contribution in [3.63, 3.8) is 0 Å². The zero-order valence-electron chi connectivity index (χ0n) is 20.7. The lowest BCUT2D eigenvalue weighted by molar-refractivity contribution is 0.0526. The van der Waals surface area contributed by atoms with E-state index >= 15 is 0 Å². The smallest absolute Gasteiger partial charge is 0.149 e. The molecule has 2 aliphatic rings. The molecular weight excluding hydrogens is 422 g/mol. The van der Waals surface area contributed by atoms with Crippen molar-refractivity contribution in [1.82, 2.24) is 4.90 Å². The molecule has 0 N–H and O–H groups in total. The summed E-state index contributed by atoms with van der Waals surface area (Å²) >= 11 is 0. The number of ether oxygens (including phenoxy) is 3. The standard InChI is InChI=1S/C30H35NO3/c1-21(31-18-8-9-19-31)33-24-14-12-22(13-15-24)28-26-17-16-25(32-4)20-27(26)34-30(2,3)29(28)23-10-6-5-7-11-23/h5-7,10-17,20-21,28-29H,8-9,18-19H2,1-4H3. The Morgan fingerprint density at radius 1 is 0.882 bits per heavy atom. The molecule has 0 aromatic heterocycles. The third kappa shape index (κ3) is 4.39. The maximum absolute atomic E-state index is 6.60. The van der Waals surface area contributed by atoms with Crippen molar-refractivity contribution in [2.45, 2.75) is 57.3 Å². The second kappa shape index (κ2) is 9.34. The van der Waals surface area contributed by atoms with Crippen LogP contribution in [0.2, 0.25) is 0 Å². The first kappa shape index (κ1) is 22.8. The van der Waals surface area contributed by atoms with Crippen molar-refractivity contribution in [3.05, 3.63) is 89.5 Å². The third-order valence-corrected chi connectivity index (χ3v) is 7.37. The van der Waals surface area contributed by atoms with Crippen LogP contribution < -0.4 is 14.2 Å². The van der Waals surface area contributed by atoms with E-state index < -0.39 is 5.60 Å². The Labute approximate surface area is 203 Å². The van der Waals surface area contributed by atoms with Crippen molar-refractivity contribution >= 4 is 0 Å². The van der Waals surface area contributed by atoms with E-state index in [9.17, 15) is 0 Å². The molecule has 3 unspecified atom stereocenters. The molecule has 0 radical (unpaired) electrons. The van der Waals surface area contributed by atoms with Gasteiger partial charge < -0.3 is 14.2 Å². The number of nitrogens with zero attached hydrogens (tertiary/aromatic N) is 1. The summed E-state index contributed by atoms with van der Waals surface area (Å²) in [6.45, 7) is 8.77. The Bertz CT molecular complexity index is 1100. The van der Waals surface area contributed by atoms with Crippen LogP contribution in [0.4, 0.5) is 0 Å². The summed E-state index contributed by atoms with van der Waals surface area (Å²) in [6, 6.07) is 25.6. The summed E-state index contributed by atoms with van der Waals surface area (Å²) in [5.41, 5.74) is 3.33. The van der Waals surface area contributed by atoms with Gasteiger partial charge in [-0.15, -0.1) is 0 Å². The van der Waals surface area contributed by atoms with Crippen LogP contribution in [-0.4, -0.2) is 36.9 Å². The first-order valence-electron chi connectivity index (χ1n) is 12.4. The quantitative estimate of drug-likeness (QED) is 0.417. The van der Waals surface area contributed by atoms with E-state index in [0.29, 0.717) is 0 Å². The van der Waals surface area contributed by atoms with Gasteiger partial charge in [-0.1, -0.05) is 48.5 Å². The van der Waals surface area contributed by atoms with E-state index in [1.807, 2.05) is 12.1 Å². The van der Waals surface area contributed by atoms with Gasteiger partial charge in [0.1, 0.15) is 29.1 Å². The molecule has 5 rings (SSSR count). The molecule has 0 bridgehead atoms. The van der Waals surface area contributed by atoms with Crippen molar-refractivity contribution in [1.29, 1.82) is 0 Å². The number of rotatable bonds is 6. The molecule has 3 atom stereocenters. The first-order chi connectivity index (χ1) is 16.5. The number of benzene rings is 3. The minimum Gasteiger partial charge on any atom is -0.497 e. The molecule has 1 saturated heterocycles. The third-order valence-electron chi connectivity index (χ3n) is 7.37. The van der Waals surface area contributed by atoms with Gasteiger partial charge in [-0.25, -0.2) is 0 Å². The van der Waals surface area contributed by atoms with Gasteiger partial charge in [-0.3, -0.25) is 4.90 Å². The largest absolute Gasteiger partial charge is 0.497 e. The van der Waals surface area contributed by atoms with Crippen LogP contribution in [0.25, 0.3) is 0 Å². The van der Waals surface area contributed by atoms with Crippen molar-refractivity contribution in [3.8, 4) is 17.2 Å². The maximum Gasteiger partial charge on any atom is 0.149 e. The van der Waals surface area contributed by atoms with Crippen molar-refractivity contribution in [2.24, 2.45) is 0 Å². The summed E-state index contributed by atoms with van der Waals surface area (Å²) in [4.78, 5) is 2.41. The van der Waals surface area contributed by atoms with Crippen LogP contribution in [-0.2, 0) is 0 Å². The Morgan fingerprint density at radius 3 is 2.24 bits per heavy atom. The second-order valence-electron chi connectivity index (χ2n) is 10.0. The predicted molar refractivity (Wildman–Crippen MR) is 136 cm³/mol. The molecule has 2 heterocycles. The van der Waals surface area contributed by atoms with E-state index in [1.54, 1.807) is 7.11 Å². The highest BCUT2D eigenvalue weighted by atomic mass is 16.5. The van der Waals surface area contributed by atoms with Crippen molar-refractivity contribution < 1.29 is 14.2 Å². The first-order valence-corrected chi connectivity index (χ1v) is 12.4. The Balaban J connectivity index is 1.52. The summed E-state index contributed by atoms with van der Waals surface area (Å²) < 4.78 is 18.4. The van der Waals surface area contributed by atoms with Gasteiger partial charge in [-0.05, 0) is 62.9 Å². The van der Waals surface area contributed by atoms with Gasteiger partial charge in [0.25, 0.3) is 0 Å². The van der Waals surface area contributed by atoms with Crippen LogP contribution in [0.5, 0.6) is 17.2 Å². The average Bonchev–Trinajstić information content (AvgIpc) is 3.39. The summed E-state index contributed by atoms with van der Waals surface area (Å²) in [7, 11) is 1.70. The normalized spacial score (nSPS) is 22.5. The molecule has 3 aromatic carbocycles. The number of fused-ring (bicyclic) bond motifs is 1. The van der Waals surface area contributed by atoms with E-state index in [1.165, 1.54) is 29.5 Å². The fraction of sp³-hybridized carbons (Fsp3) is 0.400. The molecule has 0 aliphatic carbocycles. The molecule has 0 saturated carbocycles. The Morgan fingerprint density at radius 2 is 1.56 bits per heavy atom. The maximum atomic E-state index is 6.60. The zero-order chi connectivity index (χ0) is 23.7. The van der Waals surface area contributed by atoms with E-state index in [2.05, 4.69) is 86.3 Å². The summed E-state index contributed by atoms with van der Waals surface area (Å²) in [5, 5.41) is 0. The topological polar surface area (TPSA) is 30.9 Å². The Kier molecular flexibility index (Phi) is 6.26. The molecular formula is C30H35NO3. The van der Waals surface area contributed by atoms with Gasteiger partial charge in [0.15, 0.2) is 0 Å². The van der Waals surface area contributed by atoms with Crippen LogP contribution in [0.1, 0.15) is 62.1 Å². The fourth-order valence-corrected chi connectivity index (χ4v) is 5.67. The van der Waals surface area contributed by atoms with Crippen LogP contribution in [0.15, 0.2) is 72.8 Å². The van der Waals surface area contributed by atoms with Crippen molar-refractivity contribution in [2.75, 3.05) is 20.2 Å². The van der Waals surface area contributed by atoms with Gasteiger partial charge in [-0.2, -0.15) is 0 Å². The van der Waals surface area contributed by atoms with Gasteiger partial charge in [0.05, 0.1) is 7.11 Å². The van der Waals surface area contributed by atoms with Gasteiger partial charge in [0, 0.05) is 36.6 Å². The highest BCUT2D eigenvalue weighted by Gasteiger charge is 2.45. The minimum absolute atomic E-state index is 0.0978. The van der Waals surface area contributed by atoms with Gasteiger partial charge in [0.2, 0.25) is 0 Å². The number of hydrogen-bond donors (Lipinski definition) is 0. The molecule has 4 nitrogen and oxygen atoms in total. The molecule has 0 spiro atoms. The lowest BCUT2D eigenvalue weighted by Crippen LogP contribution is -2.43. The number of hydrogen-bond acceptors (Lipinski definition) is 4. The SMILES string of the molecule is COc1ccc2c(c1)OC(C)(C)C(c1ccccc1)C2c1ccc(OC(C)N2CCCC2)cc1. The lowest BCUT2D eigenvalue weighted by Gasteiger charge is -2.45. The molecule has 1 fully saturated rings. The molecule has 0 amide bonds. The highest BCUT2D eigenvalue weighted by molar-refractivity contribution is 5.52. The van der Waals surface area contributed by atoms with Crippen LogP contribution in [0, 0.1) is 0 Å². The van der Waals surface area contributed by atoms with E-state index in [4.69, 9.17) is 14.2 Å². The van der Waals surface area contributed by atoms with Gasteiger partial charge >= 0.3 is 0 Å². The molecule has 4 heteroatoms. The average molecular weight is 458 g/mol. The lowest BCUT2D eigenvalue weighted by atomic mass is 9.68. The fourth-order valence-electron chi connectivity index (χ4n) is 5.67. The number of likely N-dealkylation sites (tertiary alicyclic amines) is 1.